The van der Waals surface area contributed by atoms with Crippen LogP contribution in [0.3, 0.4) is 0 Å². The summed E-state index contributed by atoms with van der Waals surface area (Å²) in [4.78, 5) is 0. The predicted molar refractivity (Wildman–Crippen MR) is 68.0 cm³/mol. The molecule has 0 amide bonds. The second-order valence-electron chi connectivity index (χ2n) is 3.60. The van der Waals surface area contributed by atoms with Crippen LogP contribution in [0.2, 0.25) is 0 Å². The average Bonchev–Trinajstić information content (AvgIpc) is 2.42. The Bertz CT molecular complexity index is 385. The predicted octanol–water partition coefficient (Wildman–Crippen LogP) is 0.863. The van der Waals surface area contributed by atoms with Gasteiger partial charge in [-0.2, -0.15) is 0 Å². The van der Waals surface area contributed by atoms with E-state index in [9.17, 15) is 0 Å². The van der Waals surface area contributed by atoms with Crippen molar-refractivity contribution in [3.05, 3.63) is 17.7 Å². The number of hydrazine groups is 1. The summed E-state index contributed by atoms with van der Waals surface area (Å²) in [5.74, 6) is 7.24. The molecule has 0 saturated carbocycles. The first-order valence-corrected chi connectivity index (χ1v) is 5.47. The zero-order valence-electron chi connectivity index (χ0n) is 11.1. The molecular formula is C12H20N2O4. The lowest BCUT2D eigenvalue weighted by atomic mass is 10.1. The van der Waals surface area contributed by atoms with Crippen molar-refractivity contribution >= 4 is 0 Å². The van der Waals surface area contributed by atoms with Gasteiger partial charge in [-0.1, -0.05) is 0 Å². The van der Waals surface area contributed by atoms with Gasteiger partial charge in [-0.3, -0.25) is 11.3 Å². The van der Waals surface area contributed by atoms with Crippen LogP contribution < -0.4 is 25.5 Å². The van der Waals surface area contributed by atoms with Crippen molar-refractivity contribution in [1.29, 1.82) is 0 Å². The van der Waals surface area contributed by atoms with E-state index in [4.69, 9.17) is 24.8 Å². The molecule has 1 aromatic carbocycles. The molecule has 0 aliphatic carbocycles. The van der Waals surface area contributed by atoms with Gasteiger partial charge in [-0.25, -0.2) is 0 Å². The largest absolute Gasteiger partial charge is 0.493 e. The summed E-state index contributed by atoms with van der Waals surface area (Å²) in [7, 11) is 6.31. The van der Waals surface area contributed by atoms with Crippen LogP contribution in [0.15, 0.2) is 12.1 Å². The van der Waals surface area contributed by atoms with Crippen LogP contribution in [0.1, 0.15) is 11.6 Å². The molecule has 0 saturated heterocycles. The van der Waals surface area contributed by atoms with Crippen LogP contribution >= 0.6 is 0 Å². The monoisotopic (exact) mass is 256 g/mol. The Kier molecular flexibility index (Phi) is 5.70. The van der Waals surface area contributed by atoms with Crippen molar-refractivity contribution in [1.82, 2.24) is 5.43 Å². The van der Waals surface area contributed by atoms with Crippen molar-refractivity contribution in [3.63, 3.8) is 0 Å². The van der Waals surface area contributed by atoms with Crippen LogP contribution in [0, 0.1) is 0 Å². The summed E-state index contributed by atoms with van der Waals surface area (Å²) in [6.07, 6.45) is 0. The van der Waals surface area contributed by atoms with Gasteiger partial charge in [0.05, 0.1) is 34.0 Å². The van der Waals surface area contributed by atoms with E-state index in [0.717, 1.165) is 5.56 Å². The fraction of sp³-hybridized carbons (Fsp3) is 0.500. The second kappa shape index (κ2) is 7.05. The van der Waals surface area contributed by atoms with Gasteiger partial charge >= 0.3 is 0 Å². The molecule has 1 aromatic rings. The standard InChI is InChI=1S/C12H20N2O4/c1-15-7-9(14-13)8-5-6-10(16-2)12(18-4)11(8)17-3/h5-6,9,14H,7,13H2,1-4H3. The molecular weight excluding hydrogens is 236 g/mol. The second-order valence-corrected chi connectivity index (χ2v) is 3.60. The summed E-state index contributed by atoms with van der Waals surface area (Å²) in [5.41, 5.74) is 3.53. The first-order valence-electron chi connectivity index (χ1n) is 5.47. The van der Waals surface area contributed by atoms with Gasteiger partial charge in [0.15, 0.2) is 11.5 Å². The highest BCUT2D eigenvalue weighted by molar-refractivity contribution is 5.56. The Morgan fingerprint density at radius 2 is 1.72 bits per heavy atom. The van der Waals surface area contributed by atoms with E-state index in [2.05, 4.69) is 5.43 Å². The Hall–Kier alpha value is -1.50. The van der Waals surface area contributed by atoms with Gasteiger partial charge in [0.1, 0.15) is 0 Å². The third-order valence-electron chi connectivity index (χ3n) is 2.64. The van der Waals surface area contributed by atoms with Crippen molar-refractivity contribution in [2.45, 2.75) is 6.04 Å². The molecule has 1 unspecified atom stereocenters. The summed E-state index contributed by atoms with van der Waals surface area (Å²) >= 11 is 0. The zero-order valence-corrected chi connectivity index (χ0v) is 11.1. The first kappa shape index (κ1) is 14.6. The Morgan fingerprint density at radius 3 is 2.17 bits per heavy atom. The molecule has 0 aliphatic heterocycles. The highest BCUT2D eigenvalue weighted by atomic mass is 16.5. The van der Waals surface area contributed by atoms with Gasteiger partial charge in [0.2, 0.25) is 5.75 Å². The van der Waals surface area contributed by atoms with E-state index >= 15 is 0 Å². The van der Waals surface area contributed by atoms with E-state index in [0.29, 0.717) is 23.9 Å². The molecule has 0 spiro atoms. The third kappa shape index (κ3) is 2.84. The topological polar surface area (TPSA) is 75.0 Å². The SMILES string of the molecule is COCC(NN)c1ccc(OC)c(OC)c1OC. The fourth-order valence-corrected chi connectivity index (χ4v) is 1.79. The number of ether oxygens (including phenoxy) is 4. The molecule has 6 nitrogen and oxygen atoms in total. The number of hydrogen-bond acceptors (Lipinski definition) is 6. The number of benzene rings is 1. The number of nitrogens with one attached hydrogen (secondary N) is 1. The van der Waals surface area contributed by atoms with Gasteiger partial charge in [0, 0.05) is 12.7 Å². The lowest BCUT2D eigenvalue weighted by Gasteiger charge is -2.21. The molecule has 1 rings (SSSR count). The molecule has 102 valence electrons. The van der Waals surface area contributed by atoms with Crippen LogP contribution in [0.5, 0.6) is 17.2 Å². The van der Waals surface area contributed by atoms with Crippen molar-refractivity contribution in [2.24, 2.45) is 5.84 Å². The van der Waals surface area contributed by atoms with E-state index in [-0.39, 0.29) is 6.04 Å². The minimum atomic E-state index is -0.190. The number of hydrogen-bond donors (Lipinski definition) is 2. The van der Waals surface area contributed by atoms with Crippen LogP contribution in [-0.4, -0.2) is 35.0 Å². The highest BCUT2D eigenvalue weighted by Gasteiger charge is 2.21. The average molecular weight is 256 g/mol. The van der Waals surface area contributed by atoms with Gasteiger partial charge < -0.3 is 18.9 Å². The lowest BCUT2D eigenvalue weighted by molar-refractivity contribution is 0.165. The molecule has 0 aliphatic rings. The smallest absolute Gasteiger partial charge is 0.203 e. The highest BCUT2D eigenvalue weighted by Crippen LogP contribution is 2.41. The molecule has 0 bridgehead atoms. The molecule has 0 heterocycles. The van der Waals surface area contributed by atoms with Crippen LogP contribution in [0.4, 0.5) is 0 Å². The minimum Gasteiger partial charge on any atom is -0.493 e. The van der Waals surface area contributed by atoms with Crippen molar-refractivity contribution in [3.8, 4) is 17.2 Å². The maximum Gasteiger partial charge on any atom is 0.203 e. The van der Waals surface area contributed by atoms with E-state index in [1.807, 2.05) is 6.07 Å². The first-order chi connectivity index (χ1) is 8.73. The van der Waals surface area contributed by atoms with Crippen molar-refractivity contribution in [2.75, 3.05) is 35.0 Å². The fourth-order valence-electron chi connectivity index (χ4n) is 1.79. The molecule has 6 heteroatoms. The Balaban J connectivity index is 3.26. The Labute approximate surface area is 107 Å². The van der Waals surface area contributed by atoms with Gasteiger partial charge in [0.25, 0.3) is 0 Å². The third-order valence-corrected chi connectivity index (χ3v) is 2.64. The Morgan fingerprint density at radius 1 is 1.06 bits per heavy atom. The van der Waals surface area contributed by atoms with Crippen molar-refractivity contribution < 1.29 is 18.9 Å². The number of nitrogens with two attached hydrogens (primary N) is 1. The van der Waals surface area contributed by atoms with E-state index < -0.39 is 0 Å². The summed E-state index contributed by atoms with van der Waals surface area (Å²) in [6, 6.07) is 3.48. The van der Waals surface area contributed by atoms with Crippen LogP contribution in [-0.2, 0) is 4.74 Å². The molecule has 0 radical (unpaired) electrons. The van der Waals surface area contributed by atoms with Gasteiger partial charge in [-0.15, -0.1) is 0 Å². The molecule has 3 N–H and O–H groups in total. The lowest BCUT2D eigenvalue weighted by Crippen LogP contribution is -2.31. The summed E-state index contributed by atoms with van der Waals surface area (Å²) < 4.78 is 21.0. The molecule has 1 atom stereocenters. The number of rotatable bonds is 7. The normalized spacial score (nSPS) is 12.1. The maximum absolute atomic E-state index is 5.52. The number of methoxy groups -OCH3 is 4. The summed E-state index contributed by atoms with van der Waals surface area (Å²) in [5, 5.41) is 0. The van der Waals surface area contributed by atoms with E-state index in [1.165, 1.54) is 0 Å². The van der Waals surface area contributed by atoms with E-state index in [1.54, 1.807) is 34.5 Å². The quantitative estimate of drug-likeness (QED) is 0.557. The minimum absolute atomic E-state index is 0.190. The van der Waals surface area contributed by atoms with Gasteiger partial charge in [-0.05, 0) is 12.1 Å². The molecule has 0 aromatic heterocycles. The zero-order chi connectivity index (χ0) is 13.5. The summed E-state index contributed by atoms with van der Waals surface area (Å²) in [6.45, 7) is 0.419. The molecule has 18 heavy (non-hydrogen) atoms. The molecule has 0 fully saturated rings. The van der Waals surface area contributed by atoms with Crippen LogP contribution in [0.25, 0.3) is 0 Å². The maximum atomic E-state index is 5.52.